The van der Waals surface area contributed by atoms with E-state index in [0.29, 0.717) is 0 Å². The number of nitrogens with one attached hydrogen (secondary N) is 1. The van der Waals surface area contributed by atoms with Gasteiger partial charge in [0.1, 0.15) is 0 Å². The Morgan fingerprint density at radius 1 is 1.82 bits per heavy atom. The Labute approximate surface area is 60.1 Å². The van der Waals surface area contributed by atoms with Crippen LogP contribution < -0.4 is 4.74 Å². The van der Waals surface area contributed by atoms with Crippen LogP contribution in [0.5, 0.6) is 5.88 Å². The van der Waals surface area contributed by atoms with Crippen molar-refractivity contribution in [1.82, 2.24) is 10.2 Å². The number of carbonyl (C=O) groups is 1. The molecule has 0 aliphatic heterocycles. The Balaban J connectivity index is 2.81. The Morgan fingerprint density at radius 2 is 2.55 bits per heavy atom. The molecule has 0 unspecified atom stereocenters. The quantitative estimate of drug-likeness (QED) is 0.373. The van der Waals surface area contributed by atoms with E-state index in [2.05, 4.69) is 14.9 Å². The lowest BCUT2D eigenvalue weighted by Crippen LogP contribution is -1.87. The summed E-state index contributed by atoms with van der Waals surface area (Å²) in [7, 11) is 0. The highest BCUT2D eigenvalue weighted by molar-refractivity contribution is 5.43. The van der Waals surface area contributed by atoms with Gasteiger partial charge in [0.15, 0.2) is 0 Å². The van der Waals surface area contributed by atoms with Crippen LogP contribution in [-0.2, 0) is 4.79 Å². The van der Waals surface area contributed by atoms with Gasteiger partial charge in [0.05, 0.1) is 6.07 Å². The van der Waals surface area contributed by atoms with Gasteiger partial charge in [-0.15, -0.1) is 5.10 Å². The summed E-state index contributed by atoms with van der Waals surface area (Å²) in [4.78, 5) is 19.0. The van der Waals surface area contributed by atoms with Crippen LogP contribution in [-0.4, -0.2) is 21.6 Å². The molecule has 58 valence electrons. The SMILES string of the molecule is O=COc1cc([N+](=O)[O-])[nH]n1. The highest BCUT2D eigenvalue weighted by atomic mass is 16.6. The van der Waals surface area contributed by atoms with E-state index in [0.717, 1.165) is 6.07 Å². The summed E-state index contributed by atoms with van der Waals surface area (Å²) in [5, 5.41) is 15.4. The number of aromatic nitrogens is 2. The first-order chi connectivity index (χ1) is 5.24. The highest BCUT2D eigenvalue weighted by Crippen LogP contribution is 2.12. The molecule has 11 heavy (non-hydrogen) atoms. The van der Waals surface area contributed by atoms with Gasteiger partial charge < -0.3 is 14.9 Å². The first-order valence-corrected chi connectivity index (χ1v) is 2.54. The second kappa shape index (κ2) is 2.78. The summed E-state index contributed by atoms with van der Waals surface area (Å²) >= 11 is 0. The van der Waals surface area contributed by atoms with Crippen molar-refractivity contribution in [3.05, 3.63) is 16.2 Å². The molecule has 7 heteroatoms. The largest absolute Gasteiger partial charge is 0.406 e. The van der Waals surface area contributed by atoms with Gasteiger partial charge in [0.25, 0.3) is 12.4 Å². The Kier molecular flexibility index (Phi) is 1.81. The maximum atomic E-state index is 10.0. The second-order valence-electron chi connectivity index (χ2n) is 1.56. The Hall–Kier alpha value is -1.92. The molecule has 0 saturated carbocycles. The molecule has 0 aromatic carbocycles. The van der Waals surface area contributed by atoms with Gasteiger partial charge in [-0.05, 0) is 10.0 Å². The van der Waals surface area contributed by atoms with Crippen LogP contribution >= 0.6 is 0 Å². The summed E-state index contributed by atoms with van der Waals surface area (Å²) in [5.41, 5.74) is 0. The van der Waals surface area contributed by atoms with E-state index in [9.17, 15) is 14.9 Å². The third-order valence-electron chi connectivity index (χ3n) is 0.906. The van der Waals surface area contributed by atoms with Gasteiger partial charge >= 0.3 is 5.82 Å². The monoisotopic (exact) mass is 157 g/mol. The topological polar surface area (TPSA) is 98.1 Å². The van der Waals surface area contributed by atoms with Gasteiger partial charge in [0, 0.05) is 0 Å². The van der Waals surface area contributed by atoms with Gasteiger partial charge in [0.2, 0.25) is 0 Å². The smallest absolute Gasteiger partial charge is 0.346 e. The summed E-state index contributed by atoms with van der Waals surface area (Å²) in [6.07, 6.45) is 0. The highest BCUT2D eigenvalue weighted by Gasteiger charge is 2.09. The van der Waals surface area contributed by atoms with Crippen molar-refractivity contribution in [1.29, 1.82) is 0 Å². The minimum Gasteiger partial charge on any atom is -0.406 e. The van der Waals surface area contributed by atoms with Gasteiger partial charge in [-0.3, -0.25) is 4.79 Å². The van der Waals surface area contributed by atoms with E-state index in [1.54, 1.807) is 0 Å². The molecular formula is C4H3N3O4. The van der Waals surface area contributed by atoms with Crippen LogP contribution in [0.2, 0.25) is 0 Å². The van der Waals surface area contributed by atoms with Crippen molar-refractivity contribution in [2.75, 3.05) is 0 Å². The minimum atomic E-state index is -0.676. The fourth-order valence-electron chi connectivity index (χ4n) is 0.497. The minimum absolute atomic E-state index is 0.119. The summed E-state index contributed by atoms with van der Waals surface area (Å²) in [5.74, 6) is -0.437. The summed E-state index contributed by atoms with van der Waals surface area (Å²) in [6.45, 7) is 0.139. The lowest BCUT2D eigenvalue weighted by molar-refractivity contribution is -0.389. The summed E-state index contributed by atoms with van der Waals surface area (Å²) < 4.78 is 4.21. The van der Waals surface area contributed by atoms with Crippen molar-refractivity contribution in [3.63, 3.8) is 0 Å². The Bertz CT molecular complexity index is 281. The van der Waals surface area contributed by atoms with E-state index in [1.165, 1.54) is 0 Å². The molecule has 0 atom stereocenters. The molecule has 0 amide bonds. The van der Waals surface area contributed by atoms with Crippen molar-refractivity contribution < 1.29 is 14.5 Å². The molecule has 0 aliphatic carbocycles. The number of rotatable bonds is 3. The number of carbonyl (C=O) groups excluding carboxylic acids is 1. The summed E-state index contributed by atoms with van der Waals surface area (Å²) in [6, 6.07) is 1.01. The van der Waals surface area contributed by atoms with Gasteiger partial charge in [-0.25, -0.2) is 0 Å². The first kappa shape index (κ1) is 7.19. The van der Waals surface area contributed by atoms with Crippen LogP contribution in [0, 0.1) is 10.1 Å². The van der Waals surface area contributed by atoms with Crippen molar-refractivity contribution in [3.8, 4) is 5.88 Å². The van der Waals surface area contributed by atoms with E-state index < -0.39 is 4.92 Å². The van der Waals surface area contributed by atoms with Crippen LogP contribution in [0.1, 0.15) is 0 Å². The van der Waals surface area contributed by atoms with Gasteiger partial charge in [-0.1, -0.05) is 0 Å². The zero-order valence-electron chi connectivity index (χ0n) is 5.18. The number of nitrogens with zero attached hydrogens (tertiary/aromatic N) is 2. The number of aromatic amines is 1. The number of ether oxygens (including phenoxy) is 1. The predicted molar refractivity (Wildman–Crippen MR) is 31.9 cm³/mol. The zero-order valence-corrected chi connectivity index (χ0v) is 5.18. The van der Waals surface area contributed by atoms with Crippen molar-refractivity contribution in [2.45, 2.75) is 0 Å². The molecule has 0 fully saturated rings. The maximum absolute atomic E-state index is 10.0. The van der Waals surface area contributed by atoms with Crippen LogP contribution in [0.4, 0.5) is 5.82 Å². The molecule has 1 N–H and O–H groups in total. The average molecular weight is 157 g/mol. The molecule has 1 aromatic rings. The lowest BCUT2D eigenvalue weighted by atomic mass is 10.6. The predicted octanol–water partition coefficient (Wildman–Crippen LogP) is -0.147. The maximum Gasteiger partial charge on any atom is 0.346 e. The molecule has 0 bridgehead atoms. The molecule has 1 rings (SSSR count). The molecule has 0 radical (unpaired) electrons. The van der Waals surface area contributed by atoms with Crippen LogP contribution in [0.15, 0.2) is 6.07 Å². The third kappa shape index (κ3) is 1.51. The van der Waals surface area contributed by atoms with E-state index in [-0.39, 0.29) is 18.2 Å². The second-order valence-corrected chi connectivity index (χ2v) is 1.56. The van der Waals surface area contributed by atoms with E-state index in [1.807, 2.05) is 0 Å². The van der Waals surface area contributed by atoms with E-state index in [4.69, 9.17) is 0 Å². The Morgan fingerprint density at radius 3 is 3.00 bits per heavy atom. The first-order valence-electron chi connectivity index (χ1n) is 2.54. The molecule has 0 aliphatic rings. The molecular weight excluding hydrogens is 154 g/mol. The van der Waals surface area contributed by atoms with Crippen molar-refractivity contribution in [2.24, 2.45) is 0 Å². The molecule has 1 heterocycles. The fourth-order valence-corrected chi connectivity index (χ4v) is 0.497. The molecule has 1 aromatic heterocycles. The van der Waals surface area contributed by atoms with E-state index >= 15 is 0 Å². The average Bonchev–Trinajstić information content (AvgIpc) is 2.37. The molecule has 0 saturated heterocycles. The van der Waals surface area contributed by atoms with Gasteiger partial charge in [-0.2, -0.15) is 0 Å². The third-order valence-corrected chi connectivity index (χ3v) is 0.906. The molecule has 0 spiro atoms. The van der Waals surface area contributed by atoms with Crippen molar-refractivity contribution >= 4 is 12.3 Å². The standard InChI is InChI=1S/C4H3N3O4/c8-2-11-4-1-3(5-6-4)7(9)10/h1-2H,(H,5,6). The normalized spacial score (nSPS) is 9.09. The van der Waals surface area contributed by atoms with Crippen LogP contribution in [0.25, 0.3) is 0 Å². The number of hydrogen-bond acceptors (Lipinski definition) is 5. The number of H-pyrrole nitrogens is 1. The number of nitro groups is 1. The molecule has 7 nitrogen and oxygen atoms in total. The number of hydrogen-bond donors (Lipinski definition) is 1. The lowest BCUT2D eigenvalue weighted by Gasteiger charge is -1.84. The fraction of sp³-hybridized carbons (Fsp3) is 0. The zero-order chi connectivity index (χ0) is 8.27. The van der Waals surface area contributed by atoms with Crippen LogP contribution in [0.3, 0.4) is 0 Å².